The fourth-order valence-electron chi connectivity index (χ4n) is 1.96. The second-order valence-electron chi connectivity index (χ2n) is 5.92. The van der Waals surface area contributed by atoms with Crippen LogP contribution in [0.5, 0.6) is 0 Å². The Morgan fingerprint density at radius 3 is 2.06 bits per heavy atom. The van der Waals surface area contributed by atoms with Gasteiger partial charge in [-0.15, -0.1) is 0 Å². The molecule has 1 aromatic rings. The molecule has 0 bridgehead atoms. The first-order valence-corrected chi connectivity index (χ1v) is 6.98. The van der Waals surface area contributed by atoms with Crippen LogP contribution in [0, 0.1) is 5.92 Å². The van der Waals surface area contributed by atoms with E-state index >= 15 is 0 Å². The summed E-state index contributed by atoms with van der Waals surface area (Å²) in [7, 11) is 0. The fourth-order valence-corrected chi connectivity index (χ4v) is 1.96. The minimum Gasteiger partial charge on any atom is -0.345 e. The number of nitrogens with one attached hydrogen (secondary N) is 1. The summed E-state index contributed by atoms with van der Waals surface area (Å²) in [6.45, 7) is 15.7. The molecule has 1 rings (SSSR count). The van der Waals surface area contributed by atoms with Gasteiger partial charge in [0, 0.05) is 11.6 Å². The number of H-pyrrole nitrogens is 1. The molecule has 1 N–H and O–H groups in total. The molecule has 1 aromatic heterocycles. The second kappa shape index (κ2) is 5.70. The molecule has 2 atom stereocenters. The molecule has 0 fully saturated rings. The van der Waals surface area contributed by atoms with Crippen LogP contribution in [0.4, 0.5) is 0 Å². The number of rotatable bonds is 5. The Morgan fingerprint density at radius 2 is 1.65 bits per heavy atom. The minimum absolute atomic E-state index is 0.505. The van der Waals surface area contributed by atoms with E-state index in [0.717, 1.165) is 6.42 Å². The summed E-state index contributed by atoms with van der Waals surface area (Å²) in [5.74, 6) is 3.38. The number of hydrogen-bond donors (Lipinski definition) is 1. The van der Waals surface area contributed by atoms with Crippen molar-refractivity contribution >= 4 is 0 Å². The van der Waals surface area contributed by atoms with Gasteiger partial charge in [0.05, 0.1) is 5.69 Å². The molecule has 0 radical (unpaired) electrons. The molecule has 2 nitrogen and oxygen atoms in total. The quantitative estimate of drug-likeness (QED) is 0.781. The van der Waals surface area contributed by atoms with Gasteiger partial charge in [-0.2, -0.15) is 0 Å². The van der Waals surface area contributed by atoms with Gasteiger partial charge in [-0.05, 0) is 24.2 Å². The third-order valence-corrected chi connectivity index (χ3v) is 3.87. The van der Waals surface area contributed by atoms with E-state index in [1.807, 2.05) is 0 Å². The highest BCUT2D eigenvalue weighted by atomic mass is 15.0. The number of aromatic nitrogens is 2. The molecule has 0 aliphatic carbocycles. The SMILES string of the molecule is CCC(C)c1nc(C(C)C(C)C)[nH]c1C(C)C. The van der Waals surface area contributed by atoms with Gasteiger partial charge in [0.2, 0.25) is 0 Å². The van der Waals surface area contributed by atoms with Crippen molar-refractivity contribution in [3.8, 4) is 0 Å². The lowest BCUT2D eigenvalue weighted by molar-refractivity contribution is 0.512. The van der Waals surface area contributed by atoms with E-state index in [2.05, 4.69) is 53.5 Å². The van der Waals surface area contributed by atoms with Gasteiger partial charge in [0.15, 0.2) is 0 Å². The smallest absolute Gasteiger partial charge is 0.109 e. The third-order valence-electron chi connectivity index (χ3n) is 3.87. The summed E-state index contributed by atoms with van der Waals surface area (Å²) in [5, 5.41) is 0. The first kappa shape index (κ1) is 14.3. The van der Waals surface area contributed by atoms with E-state index in [1.165, 1.54) is 17.2 Å². The van der Waals surface area contributed by atoms with Crippen molar-refractivity contribution in [1.82, 2.24) is 9.97 Å². The molecular formula is C15H28N2. The van der Waals surface area contributed by atoms with Gasteiger partial charge in [-0.3, -0.25) is 0 Å². The summed E-state index contributed by atoms with van der Waals surface area (Å²) < 4.78 is 0. The summed E-state index contributed by atoms with van der Waals surface area (Å²) in [5.41, 5.74) is 2.62. The van der Waals surface area contributed by atoms with Gasteiger partial charge in [0.25, 0.3) is 0 Å². The maximum absolute atomic E-state index is 4.87. The Hall–Kier alpha value is -0.790. The standard InChI is InChI=1S/C15H28N2/c1-8-11(6)14-13(10(4)5)16-15(17-14)12(7)9(2)3/h9-12H,8H2,1-7H3,(H,16,17). The molecule has 1 heterocycles. The van der Waals surface area contributed by atoms with Crippen LogP contribution in [-0.2, 0) is 0 Å². The lowest BCUT2D eigenvalue weighted by Crippen LogP contribution is -2.04. The van der Waals surface area contributed by atoms with Crippen molar-refractivity contribution in [3.05, 3.63) is 17.2 Å². The lowest BCUT2D eigenvalue weighted by Gasteiger charge is -2.12. The minimum atomic E-state index is 0.505. The van der Waals surface area contributed by atoms with Crippen molar-refractivity contribution in [3.63, 3.8) is 0 Å². The maximum atomic E-state index is 4.87. The van der Waals surface area contributed by atoms with E-state index < -0.39 is 0 Å². The highest BCUT2D eigenvalue weighted by Crippen LogP contribution is 2.30. The summed E-state index contributed by atoms with van der Waals surface area (Å²) >= 11 is 0. The summed E-state index contributed by atoms with van der Waals surface area (Å²) in [6, 6.07) is 0. The van der Waals surface area contributed by atoms with Gasteiger partial charge in [0.1, 0.15) is 5.82 Å². The largest absolute Gasteiger partial charge is 0.345 e. The molecule has 2 heteroatoms. The Balaban J connectivity index is 3.12. The Morgan fingerprint density at radius 1 is 1.06 bits per heavy atom. The van der Waals surface area contributed by atoms with Crippen molar-refractivity contribution in [2.24, 2.45) is 5.92 Å². The molecule has 0 saturated heterocycles. The zero-order chi connectivity index (χ0) is 13.2. The van der Waals surface area contributed by atoms with Gasteiger partial charge >= 0.3 is 0 Å². The van der Waals surface area contributed by atoms with Crippen LogP contribution < -0.4 is 0 Å². The van der Waals surface area contributed by atoms with E-state index in [0.29, 0.717) is 23.7 Å². The molecule has 0 aromatic carbocycles. The van der Waals surface area contributed by atoms with Gasteiger partial charge in [-0.1, -0.05) is 48.5 Å². The average molecular weight is 236 g/mol. The van der Waals surface area contributed by atoms with E-state index in [-0.39, 0.29) is 0 Å². The number of aromatic amines is 1. The van der Waals surface area contributed by atoms with Crippen LogP contribution in [0.1, 0.15) is 89.9 Å². The highest BCUT2D eigenvalue weighted by Gasteiger charge is 2.21. The molecule has 0 spiro atoms. The van der Waals surface area contributed by atoms with Crippen LogP contribution in [0.25, 0.3) is 0 Å². The topological polar surface area (TPSA) is 28.7 Å². The zero-order valence-electron chi connectivity index (χ0n) is 12.5. The summed E-state index contributed by atoms with van der Waals surface area (Å²) in [4.78, 5) is 8.43. The summed E-state index contributed by atoms with van der Waals surface area (Å²) in [6.07, 6.45) is 1.15. The van der Waals surface area contributed by atoms with Crippen LogP contribution in [0.15, 0.2) is 0 Å². The van der Waals surface area contributed by atoms with Crippen LogP contribution in [-0.4, -0.2) is 9.97 Å². The maximum Gasteiger partial charge on any atom is 0.109 e. The first-order chi connectivity index (χ1) is 7.88. The third kappa shape index (κ3) is 3.11. The monoisotopic (exact) mass is 236 g/mol. The van der Waals surface area contributed by atoms with E-state index in [4.69, 9.17) is 4.98 Å². The van der Waals surface area contributed by atoms with Gasteiger partial charge in [-0.25, -0.2) is 4.98 Å². The Bertz CT molecular complexity index is 350. The Labute approximate surface area is 106 Å². The van der Waals surface area contributed by atoms with Crippen LogP contribution >= 0.6 is 0 Å². The van der Waals surface area contributed by atoms with Crippen molar-refractivity contribution in [1.29, 1.82) is 0 Å². The molecule has 17 heavy (non-hydrogen) atoms. The molecule has 0 aliphatic heterocycles. The molecule has 2 unspecified atom stereocenters. The fraction of sp³-hybridized carbons (Fsp3) is 0.800. The normalized spacial score (nSPS) is 15.6. The van der Waals surface area contributed by atoms with Crippen molar-refractivity contribution in [2.45, 2.75) is 72.6 Å². The molecule has 0 amide bonds. The number of hydrogen-bond acceptors (Lipinski definition) is 1. The number of imidazole rings is 1. The lowest BCUT2D eigenvalue weighted by atomic mass is 9.97. The predicted molar refractivity (Wildman–Crippen MR) is 74.6 cm³/mol. The molecular weight excluding hydrogens is 208 g/mol. The van der Waals surface area contributed by atoms with Crippen LogP contribution in [0.3, 0.4) is 0 Å². The van der Waals surface area contributed by atoms with E-state index in [9.17, 15) is 0 Å². The molecule has 98 valence electrons. The highest BCUT2D eigenvalue weighted by molar-refractivity contribution is 5.23. The average Bonchev–Trinajstić information content (AvgIpc) is 2.71. The van der Waals surface area contributed by atoms with Crippen molar-refractivity contribution in [2.75, 3.05) is 0 Å². The molecule has 0 saturated carbocycles. The predicted octanol–water partition coefficient (Wildman–Crippen LogP) is 4.81. The Kier molecular flexibility index (Phi) is 4.79. The van der Waals surface area contributed by atoms with Crippen LogP contribution in [0.2, 0.25) is 0 Å². The first-order valence-electron chi connectivity index (χ1n) is 6.98. The van der Waals surface area contributed by atoms with E-state index in [1.54, 1.807) is 0 Å². The molecule has 0 aliphatic rings. The zero-order valence-corrected chi connectivity index (χ0v) is 12.5. The number of nitrogens with zero attached hydrogens (tertiary/aromatic N) is 1. The van der Waals surface area contributed by atoms with Gasteiger partial charge < -0.3 is 4.98 Å². The second-order valence-corrected chi connectivity index (χ2v) is 5.92. The van der Waals surface area contributed by atoms with Crippen molar-refractivity contribution < 1.29 is 0 Å².